The minimum atomic E-state index is 0.458. The summed E-state index contributed by atoms with van der Waals surface area (Å²) in [4.78, 5) is 2.65. The van der Waals surface area contributed by atoms with E-state index >= 15 is 0 Å². The molecule has 0 rings (SSSR count). The molecule has 1 atom stereocenters. The molecule has 1 unspecified atom stereocenters. The van der Waals surface area contributed by atoms with Crippen LogP contribution in [-0.2, 0) is 0 Å². The highest BCUT2D eigenvalue weighted by Gasteiger charge is 2.28. The summed E-state index contributed by atoms with van der Waals surface area (Å²) in [7, 11) is 0. The summed E-state index contributed by atoms with van der Waals surface area (Å²) in [5.74, 6) is 0.815. The Morgan fingerprint density at radius 3 is 2.06 bits per heavy atom. The highest BCUT2D eigenvalue weighted by atomic mass is 15.1. The van der Waals surface area contributed by atoms with Crippen LogP contribution in [0.5, 0.6) is 0 Å². The zero-order valence-electron chi connectivity index (χ0n) is 13.7. The Bertz CT molecular complexity index is 188. The van der Waals surface area contributed by atoms with Crippen molar-refractivity contribution in [3.8, 4) is 0 Å². The van der Waals surface area contributed by atoms with Gasteiger partial charge in [0.25, 0.3) is 0 Å². The summed E-state index contributed by atoms with van der Waals surface area (Å²) in [5, 5.41) is 3.56. The van der Waals surface area contributed by atoms with E-state index in [-0.39, 0.29) is 0 Å². The first-order valence-corrected chi connectivity index (χ1v) is 8.00. The Kier molecular flexibility index (Phi) is 9.76. The fourth-order valence-electron chi connectivity index (χ4n) is 2.52. The van der Waals surface area contributed by atoms with E-state index in [9.17, 15) is 0 Å². The maximum absolute atomic E-state index is 3.56. The van der Waals surface area contributed by atoms with E-state index in [1.54, 1.807) is 0 Å². The Hall–Kier alpha value is -0.0800. The molecule has 0 aromatic carbocycles. The molecule has 0 saturated heterocycles. The van der Waals surface area contributed by atoms with E-state index in [4.69, 9.17) is 0 Å². The fourth-order valence-corrected chi connectivity index (χ4v) is 2.52. The van der Waals surface area contributed by atoms with Gasteiger partial charge in [-0.25, -0.2) is 0 Å². The van der Waals surface area contributed by atoms with Gasteiger partial charge in [0.1, 0.15) is 0 Å². The van der Waals surface area contributed by atoms with Crippen LogP contribution in [0.1, 0.15) is 60.8 Å². The van der Waals surface area contributed by atoms with E-state index in [2.05, 4.69) is 51.8 Å². The lowest BCUT2D eigenvalue weighted by Crippen LogP contribution is -2.44. The maximum Gasteiger partial charge on any atom is 0.00499 e. The van der Waals surface area contributed by atoms with Crippen molar-refractivity contribution in [3.05, 3.63) is 0 Å². The number of hydrogen-bond acceptors (Lipinski definition) is 2. The van der Waals surface area contributed by atoms with Gasteiger partial charge in [-0.1, -0.05) is 48.0 Å². The minimum Gasteiger partial charge on any atom is -0.316 e. The molecule has 0 fully saturated rings. The van der Waals surface area contributed by atoms with Gasteiger partial charge in [0.2, 0.25) is 0 Å². The van der Waals surface area contributed by atoms with Gasteiger partial charge in [-0.3, -0.25) is 0 Å². The number of hydrogen-bond donors (Lipinski definition) is 1. The van der Waals surface area contributed by atoms with E-state index in [1.807, 2.05) is 0 Å². The van der Waals surface area contributed by atoms with Gasteiger partial charge in [0.05, 0.1) is 0 Å². The Balaban J connectivity index is 4.50. The molecular formula is C16H36N2. The van der Waals surface area contributed by atoms with E-state index in [0.717, 1.165) is 19.0 Å². The summed E-state index contributed by atoms with van der Waals surface area (Å²) < 4.78 is 0. The predicted octanol–water partition coefficient (Wildman–Crippen LogP) is 3.77. The van der Waals surface area contributed by atoms with Crippen molar-refractivity contribution in [1.29, 1.82) is 0 Å². The summed E-state index contributed by atoms with van der Waals surface area (Å²) >= 11 is 0. The molecule has 0 aliphatic rings. The van der Waals surface area contributed by atoms with Gasteiger partial charge in [0.15, 0.2) is 0 Å². The summed E-state index contributed by atoms with van der Waals surface area (Å²) in [6.45, 7) is 19.8. The van der Waals surface area contributed by atoms with Crippen molar-refractivity contribution in [2.75, 3.05) is 32.7 Å². The normalized spacial score (nSPS) is 14.2. The Morgan fingerprint density at radius 2 is 1.67 bits per heavy atom. The van der Waals surface area contributed by atoms with Crippen LogP contribution in [0.2, 0.25) is 0 Å². The molecule has 0 saturated carbocycles. The second kappa shape index (κ2) is 9.80. The second-order valence-electron chi connectivity index (χ2n) is 5.83. The van der Waals surface area contributed by atoms with E-state index in [1.165, 1.54) is 38.9 Å². The minimum absolute atomic E-state index is 0.458. The van der Waals surface area contributed by atoms with Crippen LogP contribution < -0.4 is 5.32 Å². The van der Waals surface area contributed by atoms with Crippen molar-refractivity contribution >= 4 is 0 Å². The van der Waals surface area contributed by atoms with Gasteiger partial charge < -0.3 is 10.2 Å². The van der Waals surface area contributed by atoms with Crippen LogP contribution in [0.15, 0.2) is 0 Å². The molecule has 2 nitrogen and oxygen atoms in total. The van der Waals surface area contributed by atoms with Crippen LogP contribution in [0.4, 0.5) is 0 Å². The van der Waals surface area contributed by atoms with Crippen LogP contribution >= 0.6 is 0 Å². The third-order valence-corrected chi connectivity index (χ3v) is 4.52. The SMILES string of the molecule is CCNCC(CC)(CC)CN(CC)CC(C)CC. The molecule has 0 amide bonds. The summed E-state index contributed by atoms with van der Waals surface area (Å²) in [6, 6.07) is 0. The molecule has 0 heterocycles. The van der Waals surface area contributed by atoms with E-state index < -0.39 is 0 Å². The molecule has 0 radical (unpaired) electrons. The van der Waals surface area contributed by atoms with Gasteiger partial charge in [-0.2, -0.15) is 0 Å². The van der Waals surface area contributed by atoms with Gasteiger partial charge in [-0.05, 0) is 37.3 Å². The highest BCUT2D eigenvalue weighted by molar-refractivity contribution is 4.83. The zero-order valence-corrected chi connectivity index (χ0v) is 13.7. The average molecular weight is 256 g/mol. The lowest BCUT2D eigenvalue weighted by molar-refractivity contribution is 0.126. The van der Waals surface area contributed by atoms with Crippen molar-refractivity contribution in [2.45, 2.75) is 60.8 Å². The number of nitrogens with zero attached hydrogens (tertiary/aromatic N) is 1. The summed E-state index contributed by atoms with van der Waals surface area (Å²) in [6.07, 6.45) is 3.83. The van der Waals surface area contributed by atoms with Crippen molar-refractivity contribution in [1.82, 2.24) is 10.2 Å². The molecule has 0 bridgehead atoms. The Labute approximate surface area is 116 Å². The first-order valence-electron chi connectivity index (χ1n) is 8.00. The van der Waals surface area contributed by atoms with Crippen LogP contribution in [0, 0.1) is 11.3 Å². The quantitative estimate of drug-likeness (QED) is 0.605. The molecule has 0 aliphatic carbocycles. The smallest absolute Gasteiger partial charge is 0.00499 e. The molecule has 0 aromatic heterocycles. The number of rotatable bonds is 11. The molecule has 0 spiro atoms. The monoisotopic (exact) mass is 256 g/mol. The second-order valence-corrected chi connectivity index (χ2v) is 5.83. The third-order valence-electron chi connectivity index (χ3n) is 4.52. The van der Waals surface area contributed by atoms with Crippen molar-refractivity contribution in [3.63, 3.8) is 0 Å². The first-order chi connectivity index (χ1) is 8.57. The van der Waals surface area contributed by atoms with E-state index in [0.29, 0.717) is 5.41 Å². The van der Waals surface area contributed by atoms with Crippen LogP contribution in [0.3, 0.4) is 0 Å². The zero-order chi connectivity index (χ0) is 14.0. The largest absolute Gasteiger partial charge is 0.316 e. The molecule has 18 heavy (non-hydrogen) atoms. The molecule has 2 heteroatoms. The van der Waals surface area contributed by atoms with Gasteiger partial charge >= 0.3 is 0 Å². The fraction of sp³-hybridized carbons (Fsp3) is 1.00. The average Bonchev–Trinajstić information content (AvgIpc) is 2.42. The molecule has 110 valence electrons. The first kappa shape index (κ1) is 17.9. The van der Waals surface area contributed by atoms with Gasteiger partial charge in [0, 0.05) is 19.6 Å². The molecule has 0 aromatic rings. The molecule has 0 aliphatic heterocycles. The number of nitrogens with one attached hydrogen (secondary N) is 1. The Morgan fingerprint density at radius 1 is 1.06 bits per heavy atom. The lowest BCUT2D eigenvalue weighted by atomic mass is 9.81. The van der Waals surface area contributed by atoms with Crippen molar-refractivity contribution < 1.29 is 0 Å². The van der Waals surface area contributed by atoms with Crippen LogP contribution in [0.25, 0.3) is 0 Å². The third kappa shape index (κ3) is 6.19. The van der Waals surface area contributed by atoms with Gasteiger partial charge in [-0.15, -0.1) is 0 Å². The predicted molar refractivity (Wildman–Crippen MR) is 83.1 cm³/mol. The lowest BCUT2D eigenvalue weighted by Gasteiger charge is -2.38. The maximum atomic E-state index is 3.56. The standard InChI is InChI=1S/C16H36N2/c1-7-15(6)12-18(11-5)14-16(8-2,9-3)13-17-10-4/h15,17H,7-14H2,1-6H3. The highest BCUT2D eigenvalue weighted by Crippen LogP contribution is 2.27. The van der Waals surface area contributed by atoms with Crippen molar-refractivity contribution in [2.24, 2.45) is 11.3 Å². The van der Waals surface area contributed by atoms with Crippen LogP contribution in [-0.4, -0.2) is 37.6 Å². The summed E-state index contributed by atoms with van der Waals surface area (Å²) in [5.41, 5.74) is 0.458. The topological polar surface area (TPSA) is 15.3 Å². The molecule has 1 N–H and O–H groups in total. The molecular weight excluding hydrogens is 220 g/mol.